The molecule has 2 atom stereocenters. The molecule has 2 amide bonds. The molecule has 2 aliphatic heterocycles. The minimum absolute atomic E-state index is 0.184. The van der Waals surface area contributed by atoms with Gasteiger partial charge in [-0.25, -0.2) is 4.90 Å². The lowest BCUT2D eigenvalue weighted by Gasteiger charge is -2.29. The van der Waals surface area contributed by atoms with Gasteiger partial charge in [0.2, 0.25) is 5.91 Å². The number of hydrogen-bond donors (Lipinski definition) is 1. The Bertz CT molecular complexity index is 873. The van der Waals surface area contributed by atoms with Gasteiger partial charge in [0.05, 0.1) is 18.7 Å². The standard InChI is InChI=1S/C20H18F2N2O2S/c21-20(22)27-16-7-5-15(6-8-16)24-18(25)11-17(19(24)26)23-10-9-13-3-1-2-4-14(13)12-23/h1-8,17,20H,9-12H2/p+1/t17-/m0/s1. The smallest absolute Gasteiger partial charge is 0.292 e. The van der Waals surface area contributed by atoms with E-state index in [1.54, 1.807) is 12.1 Å². The molecule has 1 fully saturated rings. The Labute approximate surface area is 160 Å². The van der Waals surface area contributed by atoms with Crippen LogP contribution in [0.4, 0.5) is 14.5 Å². The molecule has 0 bridgehead atoms. The van der Waals surface area contributed by atoms with Crippen molar-refractivity contribution in [2.75, 3.05) is 11.4 Å². The van der Waals surface area contributed by atoms with E-state index in [1.165, 1.54) is 28.2 Å². The minimum atomic E-state index is -2.50. The van der Waals surface area contributed by atoms with Crippen molar-refractivity contribution in [3.05, 3.63) is 59.7 Å². The molecule has 0 radical (unpaired) electrons. The number of quaternary nitrogens is 1. The van der Waals surface area contributed by atoms with Crippen molar-refractivity contribution in [3.63, 3.8) is 0 Å². The maximum Gasteiger partial charge on any atom is 0.292 e. The fourth-order valence-corrected chi connectivity index (χ4v) is 4.40. The molecule has 1 saturated heterocycles. The Morgan fingerprint density at radius 3 is 2.44 bits per heavy atom. The van der Waals surface area contributed by atoms with E-state index in [0.717, 1.165) is 24.4 Å². The number of carbonyl (C=O) groups is 2. The topological polar surface area (TPSA) is 41.8 Å². The summed E-state index contributed by atoms with van der Waals surface area (Å²) in [6, 6.07) is 14.0. The summed E-state index contributed by atoms with van der Waals surface area (Å²) in [6.07, 6.45) is 1.08. The SMILES string of the molecule is O=C1C[C@H]([NH+]2CCc3ccccc3C2)C(=O)N1c1ccc(SC(F)F)cc1. The molecule has 4 nitrogen and oxygen atoms in total. The van der Waals surface area contributed by atoms with Gasteiger partial charge in [-0.3, -0.25) is 9.59 Å². The molecule has 140 valence electrons. The second-order valence-corrected chi connectivity index (χ2v) is 7.86. The molecule has 0 aliphatic carbocycles. The van der Waals surface area contributed by atoms with Gasteiger partial charge in [-0.2, -0.15) is 8.78 Å². The average molecular weight is 389 g/mol. The van der Waals surface area contributed by atoms with Gasteiger partial charge in [0.15, 0.2) is 6.04 Å². The third kappa shape index (κ3) is 3.61. The Morgan fingerprint density at radius 2 is 1.74 bits per heavy atom. The molecule has 2 heterocycles. The number of alkyl halides is 2. The van der Waals surface area contributed by atoms with Crippen LogP contribution in [-0.4, -0.2) is 30.2 Å². The first-order valence-corrected chi connectivity index (χ1v) is 9.74. The molecule has 1 N–H and O–H groups in total. The third-order valence-corrected chi connectivity index (χ3v) is 5.93. The zero-order valence-electron chi connectivity index (χ0n) is 14.5. The summed E-state index contributed by atoms with van der Waals surface area (Å²) in [6.45, 7) is 1.55. The highest BCUT2D eigenvalue weighted by molar-refractivity contribution is 7.99. The number of rotatable bonds is 4. The van der Waals surface area contributed by atoms with Gasteiger partial charge in [-0.05, 0) is 29.8 Å². The van der Waals surface area contributed by atoms with Crippen LogP contribution in [0.3, 0.4) is 0 Å². The Balaban J connectivity index is 1.51. The van der Waals surface area contributed by atoms with Gasteiger partial charge in [0.25, 0.3) is 11.7 Å². The van der Waals surface area contributed by atoms with Gasteiger partial charge in [0.1, 0.15) is 6.54 Å². The van der Waals surface area contributed by atoms with Crippen molar-refractivity contribution < 1.29 is 23.3 Å². The highest BCUT2D eigenvalue weighted by Crippen LogP contribution is 2.29. The predicted octanol–water partition coefficient (Wildman–Crippen LogP) is 2.27. The van der Waals surface area contributed by atoms with Gasteiger partial charge in [-0.1, -0.05) is 36.0 Å². The normalized spacial score (nSPS) is 22.4. The number of nitrogens with zero attached hydrogens (tertiary/aromatic N) is 1. The van der Waals surface area contributed by atoms with E-state index >= 15 is 0 Å². The molecular formula is C20H19F2N2O2S+. The summed E-state index contributed by atoms with van der Waals surface area (Å²) < 4.78 is 24.9. The van der Waals surface area contributed by atoms with Gasteiger partial charge in [0, 0.05) is 16.9 Å². The summed E-state index contributed by atoms with van der Waals surface area (Å²) in [5.74, 6) is -2.94. The lowest BCUT2D eigenvalue weighted by molar-refractivity contribution is -0.930. The Morgan fingerprint density at radius 1 is 1.04 bits per heavy atom. The molecule has 27 heavy (non-hydrogen) atoms. The number of anilines is 1. The minimum Gasteiger partial charge on any atom is -0.320 e. The number of carbonyl (C=O) groups excluding carboxylic acids is 2. The fourth-order valence-electron chi connectivity index (χ4n) is 3.90. The van der Waals surface area contributed by atoms with Crippen LogP contribution in [0.25, 0.3) is 0 Å². The molecule has 1 unspecified atom stereocenters. The van der Waals surface area contributed by atoms with E-state index in [4.69, 9.17) is 0 Å². The molecule has 2 aromatic rings. The maximum absolute atomic E-state index is 12.9. The van der Waals surface area contributed by atoms with Gasteiger partial charge < -0.3 is 4.90 Å². The van der Waals surface area contributed by atoms with Crippen LogP contribution in [0.2, 0.25) is 0 Å². The fraction of sp³-hybridized carbons (Fsp3) is 0.300. The van der Waals surface area contributed by atoms with Crippen molar-refractivity contribution in [3.8, 4) is 0 Å². The van der Waals surface area contributed by atoms with Crippen LogP contribution in [-0.2, 0) is 22.6 Å². The van der Waals surface area contributed by atoms with Crippen molar-refractivity contribution in [1.29, 1.82) is 0 Å². The molecule has 0 aromatic heterocycles. The number of fused-ring (bicyclic) bond motifs is 1. The number of hydrogen-bond acceptors (Lipinski definition) is 3. The van der Waals surface area contributed by atoms with Gasteiger partial charge in [-0.15, -0.1) is 0 Å². The molecule has 0 spiro atoms. The first-order chi connectivity index (χ1) is 13.0. The van der Waals surface area contributed by atoms with Crippen LogP contribution in [0.15, 0.2) is 53.4 Å². The van der Waals surface area contributed by atoms with E-state index in [9.17, 15) is 18.4 Å². The molecule has 4 rings (SSSR count). The van der Waals surface area contributed by atoms with Crippen molar-refractivity contribution in [1.82, 2.24) is 0 Å². The Hall–Kier alpha value is -2.25. The summed E-state index contributed by atoms with van der Waals surface area (Å²) in [5.41, 5.74) is 2.98. The van der Waals surface area contributed by atoms with Crippen LogP contribution >= 0.6 is 11.8 Å². The second-order valence-electron chi connectivity index (χ2n) is 6.80. The molecule has 0 saturated carbocycles. The number of amides is 2. The summed E-state index contributed by atoms with van der Waals surface area (Å²) >= 11 is 0.442. The molecular weight excluding hydrogens is 370 g/mol. The van der Waals surface area contributed by atoms with Crippen LogP contribution in [0, 0.1) is 0 Å². The van der Waals surface area contributed by atoms with Crippen LogP contribution in [0.5, 0.6) is 0 Å². The van der Waals surface area contributed by atoms with Crippen molar-refractivity contribution in [2.24, 2.45) is 0 Å². The second kappa shape index (κ2) is 7.40. The molecule has 7 heteroatoms. The van der Waals surface area contributed by atoms with E-state index in [1.807, 2.05) is 12.1 Å². The molecule has 2 aromatic carbocycles. The summed E-state index contributed by atoms with van der Waals surface area (Å²) in [5, 5.41) is 0. The highest BCUT2D eigenvalue weighted by atomic mass is 32.2. The zero-order chi connectivity index (χ0) is 19.0. The average Bonchev–Trinajstić information content (AvgIpc) is 2.96. The van der Waals surface area contributed by atoms with Crippen LogP contribution < -0.4 is 9.80 Å². The quantitative estimate of drug-likeness (QED) is 0.644. The van der Waals surface area contributed by atoms with Gasteiger partial charge >= 0.3 is 0 Å². The lowest BCUT2D eigenvalue weighted by atomic mass is 9.98. The predicted molar refractivity (Wildman–Crippen MR) is 98.9 cm³/mol. The maximum atomic E-state index is 12.9. The zero-order valence-corrected chi connectivity index (χ0v) is 15.3. The van der Waals surface area contributed by atoms with Crippen molar-refractivity contribution in [2.45, 2.75) is 36.1 Å². The molecule has 2 aliphatic rings. The first-order valence-electron chi connectivity index (χ1n) is 8.86. The highest BCUT2D eigenvalue weighted by Gasteiger charge is 2.46. The van der Waals surface area contributed by atoms with E-state index in [0.29, 0.717) is 22.3 Å². The van der Waals surface area contributed by atoms with E-state index in [-0.39, 0.29) is 24.3 Å². The first kappa shape index (κ1) is 18.1. The third-order valence-electron chi connectivity index (χ3n) is 5.21. The van der Waals surface area contributed by atoms with E-state index in [2.05, 4.69) is 12.1 Å². The van der Waals surface area contributed by atoms with Crippen molar-refractivity contribution >= 4 is 29.3 Å². The monoisotopic (exact) mass is 389 g/mol. The van der Waals surface area contributed by atoms with Crippen LogP contribution in [0.1, 0.15) is 17.5 Å². The Kier molecular flexibility index (Phi) is 4.97. The largest absolute Gasteiger partial charge is 0.320 e. The summed E-state index contributed by atoms with van der Waals surface area (Å²) in [7, 11) is 0. The number of halogens is 2. The number of benzene rings is 2. The number of thioether (sulfide) groups is 1. The lowest BCUT2D eigenvalue weighted by Crippen LogP contribution is -3.16. The van der Waals surface area contributed by atoms with E-state index < -0.39 is 5.76 Å². The number of imide groups is 1. The summed E-state index contributed by atoms with van der Waals surface area (Å²) in [4.78, 5) is 28.2. The number of nitrogens with one attached hydrogen (secondary N) is 1.